The summed E-state index contributed by atoms with van der Waals surface area (Å²) in [5.41, 5.74) is 2.66. The van der Waals surface area contributed by atoms with Crippen LogP contribution in [0.3, 0.4) is 0 Å². The van der Waals surface area contributed by atoms with Gasteiger partial charge in [-0.3, -0.25) is 24.2 Å². The first kappa shape index (κ1) is 22.8. The van der Waals surface area contributed by atoms with Crippen LogP contribution in [0.4, 0.5) is 5.69 Å². The van der Waals surface area contributed by atoms with Gasteiger partial charge in [0.1, 0.15) is 0 Å². The van der Waals surface area contributed by atoms with E-state index in [0.717, 1.165) is 16.8 Å². The van der Waals surface area contributed by atoms with Crippen molar-refractivity contribution in [3.8, 4) is 0 Å². The Balaban J connectivity index is 1.87. The quantitative estimate of drug-likeness (QED) is 0.673. The Hall–Kier alpha value is -2.45. The number of hydrogen-bond donors (Lipinski definition) is 2. The fourth-order valence-electron chi connectivity index (χ4n) is 3.43. The van der Waals surface area contributed by atoms with Crippen molar-refractivity contribution in [2.24, 2.45) is 5.92 Å². The third kappa shape index (κ3) is 6.83. The van der Waals surface area contributed by atoms with E-state index < -0.39 is 11.9 Å². The predicted molar refractivity (Wildman–Crippen MR) is 112 cm³/mol. The molecular formula is C21H32N4O4. The van der Waals surface area contributed by atoms with Gasteiger partial charge in [0.2, 0.25) is 11.8 Å². The molecule has 1 fully saturated rings. The molecule has 1 aliphatic heterocycles. The number of rotatable bonds is 8. The highest BCUT2D eigenvalue weighted by Crippen LogP contribution is 2.20. The number of aryl methyl sites for hydroxylation is 2. The summed E-state index contributed by atoms with van der Waals surface area (Å²) in [5, 5.41) is 12.5. The molecule has 0 bridgehead atoms. The third-order valence-corrected chi connectivity index (χ3v) is 5.33. The van der Waals surface area contributed by atoms with Gasteiger partial charge in [0.15, 0.2) is 0 Å². The molecule has 29 heavy (non-hydrogen) atoms. The molecule has 0 aromatic heterocycles. The van der Waals surface area contributed by atoms with Crippen molar-refractivity contribution in [2.75, 3.05) is 58.7 Å². The van der Waals surface area contributed by atoms with Crippen LogP contribution in [0.25, 0.3) is 0 Å². The second-order valence-electron chi connectivity index (χ2n) is 7.92. The Morgan fingerprint density at radius 2 is 1.62 bits per heavy atom. The highest BCUT2D eigenvalue weighted by atomic mass is 16.4. The van der Waals surface area contributed by atoms with E-state index >= 15 is 0 Å². The lowest BCUT2D eigenvalue weighted by Crippen LogP contribution is -2.50. The van der Waals surface area contributed by atoms with Gasteiger partial charge in [-0.2, -0.15) is 0 Å². The van der Waals surface area contributed by atoms with Gasteiger partial charge in [0.05, 0.1) is 12.5 Å². The highest BCUT2D eigenvalue weighted by Gasteiger charge is 2.27. The largest absolute Gasteiger partial charge is 0.481 e. The number of anilines is 1. The van der Waals surface area contributed by atoms with Gasteiger partial charge >= 0.3 is 5.97 Å². The smallest absolute Gasteiger partial charge is 0.308 e. The summed E-state index contributed by atoms with van der Waals surface area (Å²) in [7, 11) is 3.47. The second kappa shape index (κ2) is 10.4. The second-order valence-corrected chi connectivity index (χ2v) is 7.92. The molecule has 2 N–H and O–H groups in total. The van der Waals surface area contributed by atoms with E-state index in [9.17, 15) is 19.5 Å². The van der Waals surface area contributed by atoms with Crippen LogP contribution in [0.5, 0.6) is 0 Å². The fraction of sp³-hybridized carbons (Fsp3) is 0.571. The van der Waals surface area contributed by atoms with Crippen LogP contribution in [-0.2, 0) is 14.4 Å². The minimum atomic E-state index is -0.966. The van der Waals surface area contributed by atoms with E-state index in [0.29, 0.717) is 39.3 Å². The maximum absolute atomic E-state index is 12.5. The minimum absolute atomic E-state index is 0.0602. The summed E-state index contributed by atoms with van der Waals surface area (Å²) in [6, 6.07) is 5.75. The Morgan fingerprint density at radius 1 is 1.07 bits per heavy atom. The normalized spacial score (nSPS) is 16.3. The van der Waals surface area contributed by atoms with E-state index in [-0.39, 0.29) is 18.2 Å². The molecule has 1 aliphatic rings. The number of para-hydroxylation sites is 1. The average molecular weight is 405 g/mol. The lowest BCUT2D eigenvalue weighted by Gasteiger charge is -2.35. The molecule has 8 heteroatoms. The van der Waals surface area contributed by atoms with Crippen LogP contribution in [0.15, 0.2) is 18.2 Å². The predicted octanol–water partition coefficient (Wildman–Crippen LogP) is 1.04. The number of amides is 2. The van der Waals surface area contributed by atoms with Crippen molar-refractivity contribution in [3.05, 3.63) is 29.3 Å². The minimum Gasteiger partial charge on any atom is -0.481 e. The summed E-state index contributed by atoms with van der Waals surface area (Å²) in [4.78, 5) is 41.7. The maximum atomic E-state index is 12.5. The summed E-state index contributed by atoms with van der Waals surface area (Å²) in [6.07, 6.45) is -0.0670. The van der Waals surface area contributed by atoms with Crippen LogP contribution in [-0.4, -0.2) is 91.0 Å². The van der Waals surface area contributed by atoms with Gasteiger partial charge in [-0.25, -0.2) is 0 Å². The van der Waals surface area contributed by atoms with Crippen molar-refractivity contribution in [1.29, 1.82) is 0 Å². The van der Waals surface area contributed by atoms with Crippen molar-refractivity contribution in [2.45, 2.75) is 20.3 Å². The Bertz CT molecular complexity index is 722. The summed E-state index contributed by atoms with van der Waals surface area (Å²) in [5.74, 6) is -1.96. The van der Waals surface area contributed by atoms with Gasteiger partial charge in [-0.15, -0.1) is 0 Å². The number of carbonyl (C=O) groups excluding carboxylic acids is 2. The van der Waals surface area contributed by atoms with Gasteiger partial charge in [0.25, 0.3) is 0 Å². The van der Waals surface area contributed by atoms with Gasteiger partial charge in [0, 0.05) is 58.9 Å². The topological polar surface area (TPSA) is 93.2 Å². The number of likely N-dealkylation sites (N-methyl/N-ethyl adjacent to an activating group) is 1. The van der Waals surface area contributed by atoms with Crippen molar-refractivity contribution in [3.63, 3.8) is 0 Å². The molecule has 1 atom stereocenters. The van der Waals surface area contributed by atoms with Crippen molar-refractivity contribution >= 4 is 23.5 Å². The highest BCUT2D eigenvalue weighted by molar-refractivity contribution is 5.94. The third-order valence-electron chi connectivity index (χ3n) is 5.33. The standard InChI is InChI=1S/C21H32N4O4/c1-15-6-5-7-16(2)20(15)22-18(26)12-17(21(28)29)13-24-8-10-25(11-9-24)14-19(27)23(3)4/h5-7,17H,8-14H2,1-4H3,(H,22,26)(H,28,29). The summed E-state index contributed by atoms with van der Waals surface area (Å²) in [6.45, 7) is 7.31. The maximum Gasteiger partial charge on any atom is 0.308 e. The summed E-state index contributed by atoms with van der Waals surface area (Å²) >= 11 is 0. The Kier molecular flexibility index (Phi) is 8.16. The first-order chi connectivity index (χ1) is 13.7. The first-order valence-corrected chi connectivity index (χ1v) is 9.91. The molecule has 2 rings (SSSR count). The van der Waals surface area contributed by atoms with Crippen molar-refractivity contribution in [1.82, 2.24) is 14.7 Å². The molecule has 1 unspecified atom stereocenters. The Labute approximate surface area is 172 Å². The number of piperazine rings is 1. The zero-order chi connectivity index (χ0) is 21.6. The van der Waals surface area contributed by atoms with Gasteiger partial charge in [-0.05, 0) is 25.0 Å². The number of carbonyl (C=O) groups is 3. The zero-order valence-electron chi connectivity index (χ0n) is 17.8. The molecule has 0 aliphatic carbocycles. The fourth-order valence-corrected chi connectivity index (χ4v) is 3.43. The van der Waals surface area contributed by atoms with E-state index in [2.05, 4.69) is 15.1 Å². The van der Waals surface area contributed by atoms with Crippen molar-refractivity contribution < 1.29 is 19.5 Å². The Morgan fingerprint density at radius 3 is 2.14 bits per heavy atom. The molecule has 0 radical (unpaired) electrons. The van der Waals surface area contributed by atoms with Crippen LogP contribution >= 0.6 is 0 Å². The monoisotopic (exact) mass is 404 g/mol. The van der Waals surface area contributed by atoms with E-state index in [1.165, 1.54) is 0 Å². The van der Waals surface area contributed by atoms with E-state index in [1.54, 1.807) is 19.0 Å². The molecule has 2 amide bonds. The summed E-state index contributed by atoms with van der Waals surface area (Å²) < 4.78 is 0. The van der Waals surface area contributed by atoms with Crippen LogP contribution in [0.2, 0.25) is 0 Å². The molecule has 1 saturated heterocycles. The lowest BCUT2D eigenvalue weighted by molar-refractivity contribution is -0.144. The average Bonchev–Trinajstić information content (AvgIpc) is 2.65. The molecule has 0 saturated carbocycles. The number of benzene rings is 1. The number of hydrogen-bond acceptors (Lipinski definition) is 5. The van der Waals surface area contributed by atoms with Crippen LogP contribution < -0.4 is 5.32 Å². The molecule has 1 aromatic carbocycles. The number of carboxylic acids is 1. The molecule has 1 heterocycles. The van der Waals surface area contributed by atoms with Gasteiger partial charge in [-0.1, -0.05) is 18.2 Å². The molecule has 160 valence electrons. The van der Waals surface area contributed by atoms with Crippen LogP contribution in [0.1, 0.15) is 17.5 Å². The lowest BCUT2D eigenvalue weighted by atomic mass is 10.0. The van der Waals surface area contributed by atoms with Crippen LogP contribution in [0, 0.1) is 19.8 Å². The first-order valence-electron chi connectivity index (χ1n) is 9.91. The number of nitrogens with zero attached hydrogens (tertiary/aromatic N) is 3. The molecular weight excluding hydrogens is 372 g/mol. The van der Waals surface area contributed by atoms with E-state index in [4.69, 9.17) is 0 Å². The molecule has 0 spiro atoms. The molecule has 8 nitrogen and oxygen atoms in total. The SMILES string of the molecule is Cc1cccc(C)c1NC(=O)CC(CN1CCN(CC(=O)N(C)C)CC1)C(=O)O. The number of nitrogens with one attached hydrogen (secondary N) is 1. The zero-order valence-corrected chi connectivity index (χ0v) is 17.8. The molecule has 1 aromatic rings. The van der Waals surface area contributed by atoms with E-state index in [1.807, 2.05) is 32.0 Å². The number of aliphatic carboxylic acids is 1. The van der Waals surface area contributed by atoms with Gasteiger partial charge < -0.3 is 15.3 Å². The number of carboxylic acid groups (broad SMARTS) is 1.